The monoisotopic (exact) mass is 480 g/mol. The number of aromatic nitrogens is 1. The van der Waals surface area contributed by atoms with Gasteiger partial charge in [0.05, 0.1) is 17.1 Å². The van der Waals surface area contributed by atoms with Gasteiger partial charge in [-0.05, 0) is 54.4 Å². The van der Waals surface area contributed by atoms with Gasteiger partial charge in [0.25, 0.3) is 0 Å². The Morgan fingerprint density at radius 3 is 2.89 bits per heavy atom. The molecule has 5 heterocycles. The van der Waals surface area contributed by atoms with Crippen LogP contribution in [0.5, 0.6) is 0 Å². The van der Waals surface area contributed by atoms with Gasteiger partial charge in [-0.2, -0.15) is 5.26 Å². The molecule has 0 saturated carbocycles. The van der Waals surface area contributed by atoms with Crippen LogP contribution in [0.15, 0.2) is 48.7 Å². The number of nitrogens with one attached hydrogen (secondary N) is 1. The van der Waals surface area contributed by atoms with E-state index in [1.807, 2.05) is 19.2 Å². The highest BCUT2D eigenvalue weighted by molar-refractivity contribution is 5.95. The Kier molecular flexibility index (Phi) is 5.00. The van der Waals surface area contributed by atoms with Crippen LogP contribution in [-0.4, -0.2) is 67.9 Å². The maximum absolute atomic E-state index is 9.56. The zero-order chi connectivity index (χ0) is 24.4. The van der Waals surface area contributed by atoms with Crippen molar-refractivity contribution in [2.45, 2.75) is 31.2 Å². The van der Waals surface area contributed by atoms with E-state index in [-0.39, 0.29) is 5.60 Å². The molecule has 4 aliphatic rings. The number of nitriles is 1. The number of nitrogens with zero attached hydrogens (tertiary/aromatic N) is 5. The van der Waals surface area contributed by atoms with Crippen LogP contribution < -0.4 is 15.1 Å². The summed E-state index contributed by atoms with van der Waals surface area (Å²) in [5.74, 6) is 0.549. The molecule has 0 radical (unpaired) electrons. The molecule has 0 spiro atoms. The summed E-state index contributed by atoms with van der Waals surface area (Å²) in [6.45, 7) is 9.24. The number of hydrogen-bond donors (Lipinski definition) is 1. The highest BCUT2D eigenvalue weighted by Gasteiger charge is 2.50. The third kappa shape index (κ3) is 3.18. The second-order valence-electron chi connectivity index (χ2n) is 10.9. The van der Waals surface area contributed by atoms with Crippen LogP contribution in [0.1, 0.15) is 29.7 Å². The van der Waals surface area contributed by atoms with Crippen LogP contribution in [0.25, 0.3) is 10.9 Å². The Morgan fingerprint density at radius 1 is 1.14 bits per heavy atom. The van der Waals surface area contributed by atoms with E-state index in [1.165, 1.54) is 22.5 Å². The Morgan fingerprint density at radius 2 is 2.06 bits per heavy atom. The second kappa shape index (κ2) is 8.17. The molecule has 4 unspecified atom stereocenters. The van der Waals surface area contributed by atoms with E-state index in [9.17, 15) is 5.26 Å². The van der Waals surface area contributed by atoms with Crippen LogP contribution >= 0.6 is 0 Å². The van der Waals surface area contributed by atoms with E-state index in [4.69, 9.17) is 4.74 Å². The van der Waals surface area contributed by atoms with Crippen molar-refractivity contribution in [2.24, 2.45) is 5.92 Å². The predicted octanol–water partition coefficient (Wildman–Crippen LogP) is 3.30. The molecular weight excluding hydrogens is 448 g/mol. The minimum absolute atomic E-state index is 0.0513. The molecule has 0 aliphatic carbocycles. The van der Waals surface area contributed by atoms with Gasteiger partial charge in [-0.1, -0.05) is 6.07 Å². The van der Waals surface area contributed by atoms with E-state index < -0.39 is 0 Å². The molecule has 0 bridgehead atoms. The molecule has 7 rings (SSSR count). The smallest absolute Gasteiger partial charge is 0.103 e. The van der Waals surface area contributed by atoms with Crippen LogP contribution in [0.4, 0.5) is 11.4 Å². The van der Waals surface area contributed by atoms with E-state index >= 15 is 0 Å². The third-order valence-corrected chi connectivity index (χ3v) is 9.12. The minimum atomic E-state index is -0.0513. The standard InChI is InChI=1S/C29H32N6O/c1-19-13-33(26-8-5-20(11-30)28-25(26)4-3-9-32-28)16-27-24-7-6-23(10-21(24)14-35(19)27)34-15-22-12-31-17-29(22,18-34)36-2/h3-10,19,22,27,31H,12-18H2,1-2H3. The van der Waals surface area contributed by atoms with Gasteiger partial charge in [0.1, 0.15) is 11.7 Å². The van der Waals surface area contributed by atoms with Crippen molar-refractivity contribution in [1.29, 1.82) is 5.26 Å². The van der Waals surface area contributed by atoms with Gasteiger partial charge in [0.15, 0.2) is 0 Å². The first-order valence-electron chi connectivity index (χ1n) is 13.0. The lowest BCUT2D eigenvalue weighted by Crippen LogP contribution is -2.51. The number of hydrogen-bond acceptors (Lipinski definition) is 7. The van der Waals surface area contributed by atoms with Crippen molar-refractivity contribution in [3.05, 3.63) is 65.4 Å². The molecule has 1 N–H and O–H groups in total. The lowest BCUT2D eigenvalue weighted by molar-refractivity contribution is 0.00153. The highest BCUT2D eigenvalue weighted by atomic mass is 16.5. The number of benzene rings is 2. The van der Waals surface area contributed by atoms with E-state index in [2.05, 4.69) is 68.3 Å². The van der Waals surface area contributed by atoms with Crippen molar-refractivity contribution in [3.8, 4) is 6.07 Å². The van der Waals surface area contributed by atoms with Crippen LogP contribution in [0.2, 0.25) is 0 Å². The predicted molar refractivity (Wildman–Crippen MR) is 141 cm³/mol. The number of piperazine rings is 1. The van der Waals surface area contributed by atoms with Gasteiger partial charge < -0.3 is 19.9 Å². The van der Waals surface area contributed by atoms with Crippen molar-refractivity contribution < 1.29 is 4.74 Å². The molecule has 36 heavy (non-hydrogen) atoms. The summed E-state index contributed by atoms with van der Waals surface area (Å²) in [5, 5.41) is 14.1. The minimum Gasteiger partial charge on any atom is -0.375 e. The summed E-state index contributed by atoms with van der Waals surface area (Å²) in [4.78, 5) is 12.2. The molecule has 7 nitrogen and oxygen atoms in total. The SMILES string of the molecule is COC12CNCC1CN(c1ccc3c(c1)CN1C(C)CN(c4ccc(C#N)c5ncccc45)CC31)C2. The molecule has 3 fully saturated rings. The Labute approximate surface area is 212 Å². The second-order valence-corrected chi connectivity index (χ2v) is 10.9. The van der Waals surface area contributed by atoms with Gasteiger partial charge >= 0.3 is 0 Å². The lowest BCUT2D eigenvalue weighted by Gasteiger charge is -2.43. The third-order valence-electron chi connectivity index (χ3n) is 9.12. The summed E-state index contributed by atoms with van der Waals surface area (Å²) < 4.78 is 6.02. The van der Waals surface area contributed by atoms with Gasteiger partial charge in [-0.3, -0.25) is 9.88 Å². The first-order chi connectivity index (χ1) is 17.6. The van der Waals surface area contributed by atoms with Gasteiger partial charge in [0.2, 0.25) is 0 Å². The number of ether oxygens (including phenoxy) is 1. The molecular formula is C29H32N6O. The summed E-state index contributed by atoms with van der Waals surface area (Å²) in [6.07, 6.45) is 1.77. The van der Waals surface area contributed by atoms with Crippen LogP contribution in [0, 0.1) is 17.2 Å². The average molecular weight is 481 g/mol. The summed E-state index contributed by atoms with van der Waals surface area (Å²) in [7, 11) is 1.87. The van der Waals surface area contributed by atoms with Gasteiger partial charge in [-0.15, -0.1) is 0 Å². The maximum Gasteiger partial charge on any atom is 0.103 e. The number of rotatable bonds is 3. The average Bonchev–Trinajstić information content (AvgIpc) is 3.58. The molecule has 0 amide bonds. The molecule has 3 aromatic rings. The largest absolute Gasteiger partial charge is 0.375 e. The summed E-state index contributed by atoms with van der Waals surface area (Å²) in [6, 6.07) is 18.3. The number of pyridine rings is 1. The maximum atomic E-state index is 9.56. The molecule has 3 saturated heterocycles. The molecule has 2 aromatic carbocycles. The van der Waals surface area contributed by atoms with Crippen molar-refractivity contribution in [2.75, 3.05) is 56.2 Å². The van der Waals surface area contributed by atoms with Gasteiger partial charge in [0, 0.05) is 87.8 Å². The first-order valence-corrected chi connectivity index (χ1v) is 13.0. The molecule has 7 heteroatoms. The fourth-order valence-electron chi connectivity index (χ4n) is 7.19. The number of fused-ring (bicyclic) bond motifs is 5. The molecule has 184 valence electrons. The zero-order valence-corrected chi connectivity index (χ0v) is 20.9. The van der Waals surface area contributed by atoms with Crippen molar-refractivity contribution in [1.82, 2.24) is 15.2 Å². The van der Waals surface area contributed by atoms with E-state index in [0.717, 1.165) is 56.7 Å². The van der Waals surface area contributed by atoms with E-state index in [1.54, 1.807) is 6.20 Å². The molecule has 4 aliphatic heterocycles. The summed E-state index contributed by atoms with van der Waals surface area (Å²) in [5.41, 5.74) is 6.79. The highest BCUT2D eigenvalue weighted by Crippen LogP contribution is 2.43. The quantitative estimate of drug-likeness (QED) is 0.617. The number of methoxy groups -OCH3 is 1. The van der Waals surface area contributed by atoms with E-state index in [0.29, 0.717) is 23.6 Å². The topological polar surface area (TPSA) is 67.7 Å². The fourth-order valence-corrected chi connectivity index (χ4v) is 7.19. The lowest BCUT2D eigenvalue weighted by atomic mass is 9.95. The Balaban J connectivity index is 1.18. The Bertz CT molecular complexity index is 1380. The molecule has 4 atom stereocenters. The first kappa shape index (κ1) is 22.1. The summed E-state index contributed by atoms with van der Waals surface area (Å²) >= 11 is 0. The normalized spacial score (nSPS) is 29.3. The Hall–Kier alpha value is -3.18. The van der Waals surface area contributed by atoms with Crippen molar-refractivity contribution in [3.63, 3.8) is 0 Å². The van der Waals surface area contributed by atoms with Gasteiger partial charge in [-0.25, -0.2) is 0 Å². The molecule has 1 aromatic heterocycles. The van der Waals surface area contributed by atoms with Crippen molar-refractivity contribution >= 4 is 22.3 Å². The fraction of sp³-hybridized carbons (Fsp3) is 0.448. The van der Waals surface area contributed by atoms with Crippen LogP contribution in [-0.2, 0) is 11.3 Å². The zero-order valence-electron chi connectivity index (χ0n) is 20.9. The van der Waals surface area contributed by atoms with Crippen LogP contribution in [0.3, 0.4) is 0 Å². The number of anilines is 2.